The number of benzene rings is 1. The molecule has 3 atom stereocenters. The molecule has 6 heteroatoms. The summed E-state index contributed by atoms with van der Waals surface area (Å²) in [7, 11) is 0. The van der Waals surface area contributed by atoms with Crippen LogP contribution in [0.4, 0.5) is 5.69 Å². The molecule has 3 heterocycles. The normalized spacial score (nSPS) is 38.3. The van der Waals surface area contributed by atoms with Gasteiger partial charge in [0.2, 0.25) is 17.3 Å². The van der Waals surface area contributed by atoms with Gasteiger partial charge in [0.25, 0.3) is 5.91 Å². The van der Waals surface area contributed by atoms with Crippen molar-refractivity contribution < 1.29 is 19.1 Å². The highest BCUT2D eigenvalue weighted by atomic mass is 16.8. The van der Waals surface area contributed by atoms with Gasteiger partial charge in [0.1, 0.15) is 0 Å². The number of ether oxygens (including phenoxy) is 2. The predicted molar refractivity (Wildman–Crippen MR) is 78.4 cm³/mol. The van der Waals surface area contributed by atoms with Crippen LogP contribution in [0.15, 0.2) is 29.3 Å². The molecule has 4 rings (SSSR count). The van der Waals surface area contributed by atoms with E-state index in [1.165, 1.54) is 11.8 Å². The van der Waals surface area contributed by atoms with E-state index in [9.17, 15) is 9.59 Å². The van der Waals surface area contributed by atoms with Crippen molar-refractivity contribution >= 4 is 23.4 Å². The summed E-state index contributed by atoms with van der Waals surface area (Å²) in [6, 6.07) is 7.18. The minimum atomic E-state index is -1.30. The first-order valence-electron chi connectivity index (χ1n) is 7.17. The number of imide groups is 1. The molecule has 0 aromatic heterocycles. The molecule has 0 bridgehead atoms. The first-order valence-corrected chi connectivity index (χ1v) is 7.17. The van der Waals surface area contributed by atoms with Crippen molar-refractivity contribution in [3.8, 4) is 0 Å². The van der Waals surface area contributed by atoms with Crippen molar-refractivity contribution in [2.24, 2.45) is 4.99 Å². The number of rotatable bonds is 0. The van der Waals surface area contributed by atoms with Crippen LogP contribution in [-0.4, -0.2) is 29.0 Å². The second-order valence-corrected chi connectivity index (χ2v) is 6.21. The number of hydrogen-bond donors (Lipinski definition) is 0. The topological polar surface area (TPSA) is 68.2 Å². The number of carbonyl (C=O) groups excluding carboxylic acids is 2. The highest BCUT2D eigenvalue weighted by Gasteiger charge is 2.83. The molecule has 0 saturated carbocycles. The Morgan fingerprint density at radius 3 is 2.59 bits per heavy atom. The van der Waals surface area contributed by atoms with Crippen LogP contribution in [-0.2, 0) is 24.7 Å². The Kier molecular flexibility index (Phi) is 2.19. The number of amides is 2. The lowest BCUT2D eigenvalue weighted by molar-refractivity contribution is -0.377. The highest BCUT2D eigenvalue weighted by Crippen LogP contribution is 2.65. The summed E-state index contributed by atoms with van der Waals surface area (Å²) in [5.41, 5.74) is -0.983. The third-order valence-electron chi connectivity index (χ3n) is 4.98. The standard InChI is InChI=1S/C16H16N2O4/c1-9-17-14(3)15(4,21-9)22-16(14)11-7-5-6-8-12(11)18(10(2)19)13(16)20/h5-8H,1-4H3/t14-,15-,16-/m1/s1. The van der Waals surface area contributed by atoms with Gasteiger partial charge in [-0.25, -0.2) is 9.89 Å². The summed E-state index contributed by atoms with van der Waals surface area (Å²) in [5, 5.41) is 0. The molecule has 1 fully saturated rings. The van der Waals surface area contributed by atoms with E-state index in [4.69, 9.17) is 9.47 Å². The van der Waals surface area contributed by atoms with E-state index in [2.05, 4.69) is 4.99 Å². The fourth-order valence-electron chi connectivity index (χ4n) is 3.91. The second-order valence-electron chi connectivity index (χ2n) is 6.21. The lowest BCUT2D eigenvalue weighted by Gasteiger charge is -2.58. The van der Waals surface area contributed by atoms with Gasteiger partial charge in [-0.15, -0.1) is 0 Å². The van der Waals surface area contributed by atoms with Crippen molar-refractivity contribution in [3.05, 3.63) is 29.8 Å². The van der Waals surface area contributed by atoms with Crippen molar-refractivity contribution in [1.82, 2.24) is 0 Å². The van der Waals surface area contributed by atoms with Gasteiger partial charge in [-0.3, -0.25) is 9.59 Å². The van der Waals surface area contributed by atoms with Crippen LogP contribution >= 0.6 is 0 Å². The first kappa shape index (κ1) is 13.5. The molecule has 0 N–H and O–H groups in total. The van der Waals surface area contributed by atoms with Crippen LogP contribution in [0, 0.1) is 0 Å². The third-order valence-corrected chi connectivity index (χ3v) is 4.98. The molecule has 1 aromatic carbocycles. The zero-order chi connectivity index (χ0) is 15.9. The Bertz CT molecular complexity index is 773. The second kappa shape index (κ2) is 3.57. The number of nitrogens with zero attached hydrogens (tertiary/aromatic N) is 2. The van der Waals surface area contributed by atoms with Gasteiger partial charge in [0, 0.05) is 26.3 Å². The van der Waals surface area contributed by atoms with Crippen LogP contribution in [0.1, 0.15) is 33.3 Å². The number of fused-ring (bicyclic) bond motifs is 4. The summed E-state index contributed by atoms with van der Waals surface area (Å²) in [6.07, 6.45) is 0. The van der Waals surface area contributed by atoms with Gasteiger partial charge in [0.15, 0.2) is 11.4 Å². The van der Waals surface area contributed by atoms with Gasteiger partial charge in [-0.1, -0.05) is 18.2 Å². The molecule has 22 heavy (non-hydrogen) atoms. The maximum absolute atomic E-state index is 13.1. The fraction of sp³-hybridized carbons (Fsp3) is 0.438. The van der Waals surface area contributed by atoms with Crippen LogP contribution in [0.25, 0.3) is 0 Å². The summed E-state index contributed by atoms with van der Waals surface area (Å²) in [6.45, 7) is 6.71. The summed E-state index contributed by atoms with van der Waals surface area (Å²) < 4.78 is 11.7. The Morgan fingerprint density at radius 2 is 1.95 bits per heavy atom. The molecular formula is C16H16N2O4. The van der Waals surface area contributed by atoms with Crippen molar-refractivity contribution in [2.45, 2.75) is 44.6 Å². The summed E-state index contributed by atoms with van der Waals surface area (Å²) >= 11 is 0. The molecule has 1 saturated heterocycles. The Labute approximate surface area is 127 Å². The zero-order valence-electron chi connectivity index (χ0n) is 12.8. The smallest absolute Gasteiger partial charge is 0.273 e. The number of anilines is 1. The lowest BCUT2D eigenvalue weighted by Crippen LogP contribution is -2.78. The molecule has 1 aromatic rings. The monoisotopic (exact) mass is 300 g/mol. The molecule has 3 aliphatic heterocycles. The van der Waals surface area contributed by atoms with Crippen LogP contribution in [0.5, 0.6) is 0 Å². The molecule has 0 aliphatic carbocycles. The van der Waals surface area contributed by atoms with Crippen molar-refractivity contribution in [2.75, 3.05) is 4.90 Å². The van der Waals surface area contributed by atoms with Gasteiger partial charge < -0.3 is 9.47 Å². The third kappa shape index (κ3) is 1.12. The molecule has 6 nitrogen and oxygen atoms in total. The zero-order valence-corrected chi connectivity index (χ0v) is 12.8. The summed E-state index contributed by atoms with van der Waals surface area (Å²) in [5.74, 6) is -1.25. The maximum atomic E-state index is 13.1. The van der Waals surface area contributed by atoms with E-state index in [-0.39, 0.29) is 5.91 Å². The Morgan fingerprint density at radius 1 is 1.27 bits per heavy atom. The Balaban J connectivity index is 1.98. The Hall–Kier alpha value is -2.21. The number of hydrogen-bond acceptors (Lipinski definition) is 5. The van der Waals surface area contributed by atoms with Crippen LogP contribution in [0.2, 0.25) is 0 Å². The lowest BCUT2D eigenvalue weighted by atomic mass is 9.66. The summed E-state index contributed by atoms with van der Waals surface area (Å²) in [4.78, 5) is 30.7. The maximum Gasteiger partial charge on any atom is 0.273 e. The van der Waals surface area contributed by atoms with Crippen LogP contribution in [0.3, 0.4) is 0 Å². The predicted octanol–water partition coefficient (Wildman–Crippen LogP) is 1.73. The minimum Gasteiger partial charge on any atom is -0.447 e. The molecule has 3 aliphatic rings. The average molecular weight is 300 g/mol. The number of carbonyl (C=O) groups is 2. The van der Waals surface area contributed by atoms with Gasteiger partial charge in [-0.2, -0.15) is 0 Å². The average Bonchev–Trinajstić information content (AvgIpc) is 2.79. The van der Waals surface area contributed by atoms with Crippen molar-refractivity contribution in [3.63, 3.8) is 0 Å². The number of aliphatic imine (C=N–C) groups is 1. The van der Waals surface area contributed by atoms with Gasteiger partial charge in [0.05, 0.1) is 5.69 Å². The molecular weight excluding hydrogens is 284 g/mol. The minimum absolute atomic E-state index is 0.338. The van der Waals surface area contributed by atoms with Crippen molar-refractivity contribution in [1.29, 1.82) is 0 Å². The largest absolute Gasteiger partial charge is 0.447 e. The molecule has 1 spiro atoms. The quantitative estimate of drug-likeness (QED) is 0.731. The van der Waals surface area contributed by atoms with Gasteiger partial charge >= 0.3 is 0 Å². The van der Waals surface area contributed by atoms with Gasteiger partial charge in [-0.05, 0) is 13.0 Å². The van der Waals surface area contributed by atoms with E-state index in [0.717, 1.165) is 0 Å². The molecule has 2 amide bonds. The van der Waals surface area contributed by atoms with E-state index in [1.54, 1.807) is 26.0 Å². The SMILES string of the molecule is CC(=O)N1C(=O)[C@]2(O[C@@]3(C)OC(C)=N[C@]32C)c2ccccc21. The van der Waals surface area contributed by atoms with E-state index < -0.39 is 22.8 Å². The molecule has 0 radical (unpaired) electrons. The first-order chi connectivity index (χ1) is 10.3. The van der Waals surface area contributed by atoms with E-state index >= 15 is 0 Å². The number of para-hydroxylation sites is 1. The molecule has 0 unspecified atom stereocenters. The fourth-order valence-corrected chi connectivity index (χ4v) is 3.91. The highest BCUT2D eigenvalue weighted by molar-refractivity contribution is 6.23. The molecule has 114 valence electrons. The van der Waals surface area contributed by atoms with E-state index in [0.29, 0.717) is 17.1 Å². The van der Waals surface area contributed by atoms with Crippen LogP contribution < -0.4 is 4.90 Å². The van der Waals surface area contributed by atoms with E-state index in [1.807, 2.05) is 19.1 Å².